The summed E-state index contributed by atoms with van der Waals surface area (Å²) in [5.41, 5.74) is 3.77. The van der Waals surface area contributed by atoms with Crippen LogP contribution in [0, 0.1) is 11.7 Å². The summed E-state index contributed by atoms with van der Waals surface area (Å²) >= 11 is 0. The van der Waals surface area contributed by atoms with Crippen molar-refractivity contribution in [3.63, 3.8) is 0 Å². The number of carbonyl (C=O) groups excluding carboxylic acids is 1. The van der Waals surface area contributed by atoms with Gasteiger partial charge >= 0.3 is 0 Å². The molecule has 4 aromatic rings. The molecule has 7 nitrogen and oxygen atoms in total. The molecule has 4 rings (SSSR count). The minimum Gasteiger partial charge on any atom is -0.394 e. The van der Waals surface area contributed by atoms with Crippen molar-refractivity contribution in [3.05, 3.63) is 72.1 Å². The van der Waals surface area contributed by atoms with Crippen LogP contribution in [0.2, 0.25) is 0 Å². The van der Waals surface area contributed by atoms with Gasteiger partial charge in [-0.25, -0.2) is 4.39 Å². The van der Waals surface area contributed by atoms with Gasteiger partial charge in [-0.3, -0.25) is 14.5 Å². The quantitative estimate of drug-likeness (QED) is 0.466. The minimum absolute atomic E-state index is 0.0812. The lowest BCUT2D eigenvalue weighted by Crippen LogP contribution is -2.41. The van der Waals surface area contributed by atoms with E-state index in [0.717, 1.165) is 16.6 Å². The largest absolute Gasteiger partial charge is 0.394 e. The van der Waals surface area contributed by atoms with Gasteiger partial charge in [0.15, 0.2) is 0 Å². The molecule has 32 heavy (non-hydrogen) atoms. The number of nitrogens with one attached hydrogen (secondary N) is 1. The van der Waals surface area contributed by atoms with Crippen molar-refractivity contribution in [1.82, 2.24) is 24.6 Å². The van der Waals surface area contributed by atoms with E-state index >= 15 is 0 Å². The van der Waals surface area contributed by atoms with Crippen LogP contribution in [0.4, 0.5) is 4.39 Å². The lowest BCUT2D eigenvalue weighted by molar-refractivity contribution is 0.0898. The highest BCUT2D eigenvalue weighted by Gasteiger charge is 2.21. The first-order valence-electron chi connectivity index (χ1n) is 10.5. The van der Waals surface area contributed by atoms with Crippen molar-refractivity contribution in [3.8, 4) is 11.1 Å². The predicted molar refractivity (Wildman–Crippen MR) is 121 cm³/mol. The van der Waals surface area contributed by atoms with Crippen molar-refractivity contribution in [1.29, 1.82) is 0 Å². The normalized spacial score (nSPS) is 12.4. The molecule has 3 heterocycles. The van der Waals surface area contributed by atoms with E-state index in [-0.39, 0.29) is 36.8 Å². The maximum absolute atomic E-state index is 14.9. The van der Waals surface area contributed by atoms with Crippen LogP contribution in [-0.2, 0) is 13.6 Å². The molecule has 166 valence electrons. The topological polar surface area (TPSA) is 85.0 Å². The number of carbonyl (C=O) groups is 1. The monoisotopic (exact) mass is 435 g/mol. The standard InChI is InChI=1S/C24H26FN5O2/c1-15(2)21(14-31)28-24(32)19-13-30(22-5-4-8-26-23(19)22)12-17-7-6-16(9-20(17)25)18-10-27-29(3)11-18/h4-11,13,15,21,31H,12,14H2,1-3H3,(H,28,32)/t21-/m1/s1. The van der Waals surface area contributed by atoms with Crippen LogP contribution in [0.3, 0.4) is 0 Å². The van der Waals surface area contributed by atoms with Crippen LogP contribution >= 0.6 is 0 Å². The summed E-state index contributed by atoms with van der Waals surface area (Å²) in [6.07, 6.45) is 6.84. The third kappa shape index (κ3) is 4.27. The summed E-state index contributed by atoms with van der Waals surface area (Å²) in [7, 11) is 1.82. The Hall–Kier alpha value is -3.52. The molecule has 1 amide bonds. The molecule has 0 radical (unpaired) electrons. The average Bonchev–Trinajstić information content (AvgIpc) is 3.37. The number of aliphatic hydroxyl groups is 1. The molecule has 1 atom stereocenters. The molecule has 0 unspecified atom stereocenters. The first-order valence-corrected chi connectivity index (χ1v) is 10.5. The Balaban J connectivity index is 1.65. The summed E-state index contributed by atoms with van der Waals surface area (Å²) in [5, 5.41) is 16.6. The number of benzene rings is 1. The Morgan fingerprint density at radius 2 is 2.03 bits per heavy atom. The molecule has 3 aromatic heterocycles. The van der Waals surface area contributed by atoms with Crippen molar-refractivity contribution in [2.75, 3.05) is 6.61 Å². The van der Waals surface area contributed by atoms with Gasteiger partial charge in [-0.15, -0.1) is 0 Å². The number of amides is 1. The Morgan fingerprint density at radius 1 is 1.22 bits per heavy atom. The molecular weight excluding hydrogens is 409 g/mol. The summed E-state index contributed by atoms with van der Waals surface area (Å²) in [5.74, 6) is -0.562. The van der Waals surface area contributed by atoms with Gasteiger partial charge in [0.2, 0.25) is 0 Å². The molecule has 0 spiro atoms. The predicted octanol–water partition coefficient (Wildman–Crippen LogP) is 3.37. The van der Waals surface area contributed by atoms with E-state index in [2.05, 4.69) is 15.4 Å². The van der Waals surface area contributed by atoms with E-state index < -0.39 is 0 Å². The molecule has 0 aliphatic rings. The minimum atomic E-state index is -0.359. The van der Waals surface area contributed by atoms with Crippen LogP contribution in [-0.4, -0.2) is 43.0 Å². The van der Waals surface area contributed by atoms with Crippen LogP contribution < -0.4 is 5.32 Å². The molecule has 0 saturated heterocycles. The average molecular weight is 436 g/mol. The first kappa shape index (κ1) is 21.7. The number of hydrogen-bond acceptors (Lipinski definition) is 4. The van der Waals surface area contributed by atoms with Gasteiger partial charge in [-0.2, -0.15) is 5.10 Å². The highest BCUT2D eigenvalue weighted by Crippen LogP contribution is 2.25. The molecule has 2 N–H and O–H groups in total. The number of nitrogens with zero attached hydrogens (tertiary/aromatic N) is 4. The van der Waals surface area contributed by atoms with Crippen molar-refractivity contribution < 1.29 is 14.3 Å². The molecule has 1 aromatic carbocycles. The van der Waals surface area contributed by atoms with Gasteiger partial charge in [-0.1, -0.05) is 26.0 Å². The number of aryl methyl sites for hydroxylation is 1. The lowest BCUT2D eigenvalue weighted by Gasteiger charge is -2.19. The fraction of sp³-hybridized carbons (Fsp3) is 0.292. The van der Waals surface area contributed by atoms with E-state index in [4.69, 9.17) is 0 Å². The molecule has 0 aliphatic carbocycles. The van der Waals surface area contributed by atoms with E-state index in [1.165, 1.54) is 6.07 Å². The fourth-order valence-electron chi connectivity index (χ4n) is 3.70. The van der Waals surface area contributed by atoms with Gasteiger partial charge in [-0.05, 0) is 29.7 Å². The van der Waals surface area contributed by atoms with Crippen molar-refractivity contribution in [2.24, 2.45) is 13.0 Å². The maximum Gasteiger partial charge on any atom is 0.255 e. The van der Waals surface area contributed by atoms with E-state index in [9.17, 15) is 14.3 Å². The van der Waals surface area contributed by atoms with Crippen molar-refractivity contribution >= 4 is 16.9 Å². The summed E-state index contributed by atoms with van der Waals surface area (Å²) in [6, 6.07) is 8.39. The summed E-state index contributed by atoms with van der Waals surface area (Å²) in [4.78, 5) is 17.3. The van der Waals surface area contributed by atoms with Crippen LogP contribution in [0.15, 0.2) is 55.1 Å². The Bertz CT molecular complexity index is 1260. The zero-order chi connectivity index (χ0) is 22.8. The number of rotatable bonds is 7. The number of fused-ring (bicyclic) bond motifs is 1. The summed E-state index contributed by atoms with van der Waals surface area (Å²) in [6.45, 7) is 3.97. The highest BCUT2D eigenvalue weighted by atomic mass is 19.1. The third-order valence-electron chi connectivity index (χ3n) is 5.63. The SMILES string of the molecule is CC(C)[C@@H](CO)NC(=O)c1cn(Cc2ccc(-c3cnn(C)c3)cc2F)c2cccnc12. The second-order valence-electron chi connectivity index (χ2n) is 8.26. The Morgan fingerprint density at radius 3 is 2.69 bits per heavy atom. The molecule has 0 bridgehead atoms. The van der Waals surface area contributed by atoms with Crippen LogP contribution in [0.5, 0.6) is 0 Å². The van der Waals surface area contributed by atoms with E-state index in [0.29, 0.717) is 16.6 Å². The number of halogens is 1. The molecular formula is C24H26FN5O2. The molecule has 0 aliphatic heterocycles. The number of pyridine rings is 1. The van der Waals surface area contributed by atoms with Gasteiger partial charge < -0.3 is 15.0 Å². The fourth-order valence-corrected chi connectivity index (χ4v) is 3.70. The summed E-state index contributed by atoms with van der Waals surface area (Å²) < 4.78 is 18.4. The van der Waals surface area contributed by atoms with E-state index in [1.54, 1.807) is 35.4 Å². The van der Waals surface area contributed by atoms with Gasteiger partial charge in [0.25, 0.3) is 5.91 Å². The van der Waals surface area contributed by atoms with Gasteiger partial charge in [0, 0.05) is 36.8 Å². The second-order valence-corrected chi connectivity index (χ2v) is 8.26. The van der Waals surface area contributed by atoms with E-state index in [1.807, 2.05) is 43.8 Å². The Kier molecular flexibility index (Phi) is 6.05. The molecule has 0 fully saturated rings. The number of aromatic nitrogens is 4. The smallest absolute Gasteiger partial charge is 0.255 e. The molecule has 8 heteroatoms. The Labute approximate surface area is 185 Å². The third-order valence-corrected chi connectivity index (χ3v) is 5.63. The maximum atomic E-state index is 14.9. The molecule has 0 saturated carbocycles. The lowest BCUT2D eigenvalue weighted by atomic mass is 10.1. The first-order chi connectivity index (χ1) is 15.4. The second kappa shape index (κ2) is 8.92. The van der Waals surface area contributed by atoms with Gasteiger partial charge in [0.05, 0.1) is 36.5 Å². The zero-order valence-corrected chi connectivity index (χ0v) is 18.3. The van der Waals surface area contributed by atoms with Crippen LogP contribution in [0.25, 0.3) is 22.2 Å². The van der Waals surface area contributed by atoms with Crippen molar-refractivity contribution in [2.45, 2.75) is 26.4 Å². The van der Waals surface area contributed by atoms with Gasteiger partial charge in [0.1, 0.15) is 11.3 Å². The zero-order valence-electron chi connectivity index (χ0n) is 18.3. The number of aliphatic hydroxyl groups excluding tert-OH is 1. The van der Waals surface area contributed by atoms with Crippen LogP contribution in [0.1, 0.15) is 29.8 Å². The number of hydrogen-bond donors (Lipinski definition) is 2. The highest BCUT2D eigenvalue weighted by molar-refractivity contribution is 6.05.